The van der Waals surface area contributed by atoms with Gasteiger partial charge in [0.05, 0.1) is 5.69 Å². The van der Waals surface area contributed by atoms with E-state index in [0.29, 0.717) is 5.56 Å². The van der Waals surface area contributed by atoms with Crippen molar-refractivity contribution >= 4 is 33.1 Å². The Kier molecular flexibility index (Phi) is 4.85. The molecule has 2 aromatic carbocycles. The highest BCUT2D eigenvalue weighted by Gasteiger charge is 2.15. The summed E-state index contributed by atoms with van der Waals surface area (Å²) in [6.45, 7) is 4.90. The Balaban J connectivity index is 2.59. The molecule has 0 aromatic heterocycles. The summed E-state index contributed by atoms with van der Waals surface area (Å²) in [6, 6.07) is 13.9. The van der Waals surface area contributed by atoms with E-state index in [-0.39, 0.29) is 5.84 Å². The van der Waals surface area contributed by atoms with Crippen LogP contribution in [0.3, 0.4) is 0 Å². The minimum absolute atomic E-state index is 0.101. The molecule has 2 aromatic rings. The van der Waals surface area contributed by atoms with E-state index in [1.165, 1.54) is 5.56 Å². The smallest absolute Gasteiger partial charge is 0.172 e. The van der Waals surface area contributed by atoms with Crippen LogP contribution in [-0.4, -0.2) is 17.6 Å². The normalized spacial score (nSPS) is 11.5. The summed E-state index contributed by atoms with van der Waals surface area (Å²) >= 11 is 3.48. The lowest BCUT2D eigenvalue weighted by Gasteiger charge is -2.26. The fourth-order valence-electron chi connectivity index (χ4n) is 2.29. The summed E-state index contributed by atoms with van der Waals surface area (Å²) < 4.78 is 0.943. The van der Waals surface area contributed by atoms with Crippen molar-refractivity contribution in [3.05, 3.63) is 58.1 Å². The molecule has 5 heteroatoms. The van der Waals surface area contributed by atoms with Crippen LogP contribution in [0, 0.1) is 6.92 Å². The number of nitrogens with two attached hydrogens (primary N) is 1. The first-order valence-electron chi connectivity index (χ1n) is 6.68. The minimum Gasteiger partial charge on any atom is -0.409 e. The van der Waals surface area contributed by atoms with Gasteiger partial charge in [-0.15, -0.1) is 0 Å². The Labute approximate surface area is 133 Å². The van der Waals surface area contributed by atoms with Crippen LogP contribution in [0.2, 0.25) is 0 Å². The van der Waals surface area contributed by atoms with Gasteiger partial charge in [-0.3, -0.25) is 0 Å². The van der Waals surface area contributed by atoms with Gasteiger partial charge in [0, 0.05) is 22.3 Å². The molecule has 0 aliphatic heterocycles. The second-order valence-corrected chi connectivity index (χ2v) is 5.65. The number of rotatable bonds is 4. The van der Waals surface area contributed by atoms with Crippen molar-refractivity contribution in [1.29, 1.82) is 0 Å². The molecule has 4 nitrogen and oxygen atoms in total. The number of hydrogen-bond donors (Lipinski definition) is 2. The van der Waals surface area contributed by atoms with Crippen LogP contribution in [0.4, 0.5) is 11.4 Å². The van der Waals surface area contributed by atoms with Crippen molar-refractivity contribution in [2.24, 2.45) is 10.9 Å². The summed E-state index contributed by atoms with van der Waals surface area (Å²) in [6.07, 6.45) is 0. The number of benzene rings is 2. The van der Waals surface area contributed by atoms with Gasteiger partial charge in [-0.1, -0.05) is 33.2 Å². The highest BCUT2D eigenvalue weighted by atomic mass is 79.9. The lowest BCUT2D eigenvalue weighted by molar-refractivity contribution is 0.318. The summed E-state index contributed by atoms with van der Waals surface area (Å²) in [5, 5.41) is 12.1. The third-order valence-electron chi connectivity index (χ3n) is 3.26. The Morgan fingerprint density at radius 2 is 2.05 bits per heavy atom. The molecule has 0 saturated carbocycles. The van der Waals surface area contributed by atoms with E-state index in [4.69, 9.17) is 10.9 Å². The van der Waals surface area contributed by atoms with Crippen LogP contribution in [0.15, 0.2) is 52.1 Å². The van der Waals surface area contributed by atoms with E-state index in [1.54, 1.807) is 0 Å². The van der Waals surface area contributed by atoms with Crippen molar-refractivity contribution < 1.29 is 5.21 Å². The first kappa shape index (κ1) is 15.4. The average Bonchev–Trinajstić information content (AvgIpc) is 2.47. The second-order valence-electron chi connectivity index (χ2n) is 4.73. The zero-order valence-corrected chi connectivity index (χ0v) is 13.6. The molecule has 0 fully saturated rings. The van der Waals surface area contributed by atoms with E-state index in [9.17, 15) is 0 Å². The summed E-state index contributed by atoms with van der Waals surface area (Å²) in [7, 11) is 0. The highest BCUT2D eigenvalue weighted by molar-refractivity contribution is 9.10. The molecule has 0 saturated heterocycles. The number of anilines is 2. The van der Waals surface area contributed by atoms with Crippen LogP contribution in [-0.2, 0) is 0 Å². The first-order chi connectivity index (χ1) is 10.1. The van der Waals surface area contributed by atoms with Crippen LogP contribution < -0.4 is 10.6 Å². The largest absolute Gasteiger partial charge is 0.409 e. The molecule has 0 atom stereocenters. The number of aryl methyl sites for hydroxylation is 1. The number of hydrogen-bond acceptors (Lipinski definition) is 3. The number of nitrogens with zero attached hydrogens (tertiary/aromatic N) is 2. The molecule has 21 heavy (non-hydrogen) atoms. The molecule has 2 rings (SSSR count). The van der Waals surface area contributed by atoms with Gasteiger partial charge in [0.2, 0.25) is 0 Å². The van der Waals surface area contributed by atoms with Crippen LogP contribution in [0.5, 0.6) is 0 Å². The monoisotopic (exact) mass is 347 g/mol. The summed E-state index contributed by atoms with van der Waals surface area (Å²) in [5.41, 5.74) is 9.66. The van der Waals surface area contributed by atoms with Crippen LogP contribution in [0.25, 0.3) is 0 Å². The Morgan fingerprint density at radius 3 is 2.67 bits per heavy atom. The van der Waals surface area contributed by atoms with Crippen molar-refractivity contribution in [3.63, 3.8) is 0 Å². The minimum atomic E-state index is 0.101. The molecule has 0 spiro atoms. The highest BCUT2D eigenvalue weighted by Crippen LogP contribution is 2.31. The third kappa shape index (κ3) is 3.36. The number of halogens is 1. The molecule has 0 aliphatic rings. The molecule has 0 bridgehead atoms. The van der Waals surface area contributed by atoms with Crippen molar-refractivity contribution in [2.45, 2.75) is 13.8 Å². The fraction of sp³-hybridized carbons (Fsp3) is 0.188. The maximum absolute atomic E-state index is 8.98. The van der Waals surface area contributed by atoms with E-state index in [0.717, 1.165) is 22.4 Å². The lowest BCUT2D eigenvalue weighted by atomic mass is 10.1. The quantitative estimate of drug-likeness (QED) is 0.380. The first-order valence-corrected chi connectivity index (χ1v) is 7.47. The third-order valence-corrected chi connectivity index (χ3v) is 3.76. The maximum atomic E-state index is 8.98. The van der Waals surface area contributed by atoms with Crippen LogP contribution in [0.1, 0.15) is 18.1 Å². The standard InChI is InChI=1S/C16H18BrN3O/c1-3-20(13-6-4-5-11(2)9-13)15-10-12(17)7-8-14(15)16(18)19-21/h4-10,21H,3H2,1-2H3,(H2,18,19). The molecule has 3 N–H and O–H groups in total. The van der Waals surface area contributed by atoms with Gasteiger partial charge in [0.15, 0.2) is 5.84 Å². The van der Waals surface area contributed by atoms with E-state index >= 15 is 0 Å². The molecule has 0 heterocycles. The average molecular weight is 348 g/mol. The van der Waals surface area contributed by atoms with Crippen LogP contribution >= 0.6 is 15.9 Å². The Bertz CT molecular complexity index is 670. The number of oxime groups is 1. The van der Waals surface area contributed by atoms with Crippen molar-refractivity contribution in [2.75, 3.05) is 11.4 Å². The van der Waals surface area contributed by atoms with Crippen molar-refractivity contribution in [3.8, 4) is 0 Å². The van der Waals surface area contributed by atoms with Gasteiger partial charge in [-0.2, -0.15) is 0 Å². The van der Waals surface area contributed by atoms with E-state index in [2.05, 4.69) is 52.0 Å². The zero-order valence-electron chi connectivity index (χ0n) is 12.0. The van der Waals surface area contributed by atoms with Crippen molar-refractivity contribution in [1.82, 2.24) is 0 Å². The van der Waals surface area contributed by atoms with Gasteiger partial charge >= 0.3 is 0 Å². The fourth-order valence-corrected chi connectivity index (χ4v) is 2.64. The molecule has 0 unspecified atom stereocenters. The summed E-state index contributed by atoms with van der Waals surface area (Å²) in [4.78, 5) is 2.13. The SMILES string of the molecule is CCN(c1cccc(C)c1)c1cc(Br)ccc1/C(N)=N/O. The maximum Gasteiger partial charge on any atom is 0.172 e. The Morgan fingerprint density at radius 1 is 1.29 bits per heavy atom. The molecule has 0 aliphatic carbocycles. The molecule has 110 valence electrons. The van der Waals surface area contributed by atoms with Gasteiger partial charge in [-0.25, -0.2) is 0 Å². The predicted octanol–water partition coefficient (Wildman–Crippen LogP) is 4.01. The van der Waals surface area contributed by atoms with Gasteiger partial charge in [0.1, 0.15) is 0 Å². The predicted molar refractivity (Wildman–Crippen MR) is 90.5 cm³/mol. The van der Waals surface area contributed by atoms with Gasteiger partial charge in [-0.05, 0) is 49.7 Å². The summed E-state index contributed by atoms with van der Waals surface area (Å²) in [5.74, 6) is 0.101. The lowest BCUT2D eigenvalue weighted by Crippen LogP contribution is -2.22. The molecule has 0 amide bonds. The second kappa shape index (κ2) is 6.63. The number of amidine groups is 1. The van der Waals surface area contributed by atoms with Gasteiger partial charge < -0.3 is 15.8 Å². The molecule has 0 radical (unpaired) electrons. The van der Waals surface area contributed by atoms with Gasteiger partial charge in [0.25, 0.3) is 0 Å². The topological polar surface area (TPSA) is 61.8 Å². The van der Waals surface area contributed by atoms with E-state index < -0.39 is 0 Å². The molecular formula is C16H18BrN3O. The van der Waals surface area contributed by atoms with E-state index in [1.807, 2.05) is 30.3 Å². The molecular weight excluding hydrogens is 330 g/mol. The zero-order chi connectivity index (χ0) is 15.4. The Hall–Kier alpha value is -2.01.